The van der Waals surface area contributed by atoms with E-state index >= 15 is 0 Å². The monoisotopic (exact) mass is 520 g/mol. The molecule has 3 aromatic carbocycles. The van der Waals surface area contributed by atoms with Crippen LogP contribution in [0.2, 0.25) is 0 Å². The molecular formula is C30H24N4O5. The molecule has 39 heavy (non-hydrogen) atoms. The van der Waals surface area contributed by atoms with E-state index in [9.17, 15) is 19.2 Å². The van der Waals surface area contributed by atoms with E-state index in [0.717, 1.165) is 16.5 Å². The van der Waals surface area contributed by atoms with Gasteiger partial charge in [-0.1, -0.05) is 36.4 Å². The SMILES string of the molecule is CC(=O)Oc1ccc(N2C(=O)[C@@H]3[C@H](Cc4c[nH]c5ccccc45)N[C@@]4(C(=O)Nc5ccccc54)[C@@H]3C2=O)cc1. The van der Waals surface area contributed by atoms with Gasteiger partial charge in [-0.15, -0.1) is 0 Å². The number of anilines is 2. The molecule has 2 saturated heterocycles. The highest BCUT2D eigenvalue weighted by Gasteiger charge is 2.70. The van der Waals surface area contributed by atoms with Gasteiger partial charge in [0.1, 0.15) is 11.3 Å². The van der Waals surface area contributed by atoms with Gasteiger partial charge in [-0.05, 0) is 48.4 Å². The first kappa shape index (κ1) is 23.4. The van der Waals surface area contributed by atoms with E-state index in [2.05, 4.69) is 15.6 Å². The fraction of sp³-hybridized carbons (Fsp3) is 0.200. The van der Waals surface area contributed by atoms with Crippen molar-refractivity contribution in [1.82, 2.24) is 10.3 Å². The lowest BCUT2D eigenvalue weighted by molar-refractivity contribution is -0.132. The van der Waals surface area contributed by atoms with Gasteiger partial charge in [0.05, 0.1) is 17.5 Å². The highest BCUT2D eigenvalue weighted by Crippen LogP contribution is 2.54. The number of imide groups is 1. The number of H-pyrrole nitrogens is 1. The molecule has 3 amide bonds. The molecule has 7 rings (SSSR count). The number of amides is 3. The number of aromatic nitrogens is 1. The number of benzene rings is 3. The van der Waals surface area contributed by atoms with Crippen LogP contribution in [0.25, 0.3) is 10.9 Å². The molecule has 4 atom stereocenters. The van der Waals surface area contributed by atoms with Crippen molar-refractivity contribution in [1.29, 1.82) is 0 Å². The minimum atomic E-state index is -1.38. The summed E-state index contributed by atoms with van der Waals surface area (Å²) in [6.45, 7) is 1.30. The van der Waals surface area contributed by atoms with Gasteiger partial charge in [0.2, 0.25) is 17.7 Å². The van der Waals surface area contributed by atoms with Crippen LogP contribution >= 0.6 is 0 Å². The zero-order chi connectivity index (χ0) is 26.9. The summed E-state index contributed by atoms with van der Waals surface area (Å²) in [5.74, 6) is -3.00. The third-order valence-electron chi connectivity index (χ3n) is 8.09. The maximum Gasteiger partial charge on any atom is 0.308 e. The normalized spacial score (nSPS) is 25.3. The fourth-order valence-corrected chi connectivity index (χ4v) is 6.55. The van der Waals surface area contributed by atoms with Crippen molar-refractivity contribution in [3.8, 4) is 5.75 Å². The summed E-state index contributed by atoms with van der Waals surface area (Å²) in [7, 11) is 0. The summed E-state index contributed by atoms with van der Waals surface area (Å²) in [6, 6.07) is 21.0. The van der Waals surface area contributed by atoms with Crippen LogP contribution in [0.1, 0.15) is 18.1 Å². The van der Waals surface area contributed by atoms with Crippen LogP contribution in [0.15, 0.2) is 79.0 Å². The molecule has 4 aromatic rings. The van der Waals surface area contributed by atoms with Crippen LogP contribution in [0.3, 0.4) is 0 Å². The number of nitrogens with one attached hydrogen (secondary N) is 3. The van der Waals surface area contributed by atoms with E-state index in [0.29, 0.717) is 29.1 Å². The zero-order valence-electron chi connectivity index (χ0n) is 20.9. The second kappa shape index (κ2) is 8.37. The third-order valence-corrected chi connectivity index (χ3v) is 8.09. The second-order valence-corrected chi connectivity index (χ2v) is 10.2. The standard InChI is InChI=1S/C30H24N4O5/c1-16(35)39-19-12-10-18(11-13-19)34-27(36)25-24(14-17-15-31-22-8-4-2-6-20(17)22)33-30(26(25)28(34)37)21-7-3-5-9-23(21)32-29(30)38/h2-13,15,24-26,31,33H,14H2,1H3,(H,32,38)/t24-,25+,26-,30+/m0/s1. The number of esters is 1. The number of hydrogen-bond donors (Lipinski definition) is 3. The molecule has 0 radical (unpaired) electrons. The maximum absolute atomic E-state index is 14.1. The summed E-state index contributed by atoms with van der Waals surface area (Å²) in [5, 5.41) is 7.45. The van der Waals surface area contributed by atoms with Gasteiger partial charge in [0.15, 0.2) is 0 Å². The summed E-state index contributed by atoms with van der Waals surface area (Å²) in [4.78, 5) is 57.7. The minimum Gasteiger partial charge on any atom is -0.427 e. The van der Waals surface area contributed by atoms with Gasteiger partial charge in [0.25, 0.3) is 0 Å². The number of ether oxygens (including phenoxy) is 1. The van der Waals surface area contributed by atoms with Gasteiger partial charge in [-0.3, -0.25) is 24.5 Å². The van der Waals surface area contributed by atoms with Gasteiger partial charge in [0, 0.05) is 41.3 Å². The topological polar surface area (TPSA) is 121 Å². The number of fused-ring (bicyclic) bond motifs is 5. The Hall–Kier alpha value is -4.76. The van der Waals surface area contributed by atoms with Crippen molar-refractivity contribution < 1.29 is 23.9 Å². The smallest absolute Gasteiger partial charge is 0.308 e. The van der Waals surface area contributed by atoms with Crippen LogP contribution in [0.5, 0.6) is 5.75 Å². The van der Waals surface area contributed by atoms with Crippen molar-refractivity contribution in [3.05, 3.63) is 90.1 Å². The number of nitrogens with zero attached hydrogens (tertiary/aromatic N) is 1. The molecule has 4 heterocycles. The molecule has 0 unspecified atom stereocenters. The van der Waals surface area contributed by atoms with E-state index in [1.165, 1.54) is 11.8 Å². The first-order valence-electron chi connectivity index (χ1n) is 12.8. The van der Waals surface area contributed by atoms with E-state index in [-0.39, 0.29) is 11.8 Å². The molecule has 1 aromatic heterocycles. The van der Waals surface area contributed by atoms with Crippen molar-refractivity contribution in [3.63, 3.8) is 0 Å². The predicted molar refractivity (Wildman–Crippen MR) is 143 cm³/mol. The van der Waals surface area contributed by atoms with E-state index in [1.807, 2.05) is 48.7 Å². The van der Waals surface area contributed by atoms with Gasteiger partial charge >= 0.3 is 5.97 Å². The summed E-state index contributed by atoms with van der Waals surface area (Å²) in [6.07, 6.45) is 2.36. The van der Waals surface area contributed by atoms with Gasteiger partial charge in [-0.2, -0.15) is 0 Å². The molecule has 3 N–H and O–H groups in total. The number of aromatic amines is 1. The Bertz CT molecular complexity index is 1690. The number of rotatable bonds is 4. The Labute approximate surface area is 223 Å². The lowest BCUT2D eigenvalue weighted by Gasteiger charge is -2.29. The van der Waals surface area contributed by atoms with Crippen LogP contribution in [0.4, 0.5) is 11.4 Å². The quantitative estimate of drug-likeness (QED) is 0.216. The fourth-order valence-electron chi connectivity index (χ4n) is 6.55. The number of hydrogen-bond acceptors (Lipinski definition) is 6. The van der Waals surface area contributed by atoms with E-state index in [4.69, 9.17) is 4.74 Å². The summed E-state index contributed by atoms with van der Waals surface area (Å²) < 4.78 is 5.11. The van der Waals surface area contributed by atoms with Crippen molar-refractivity contribution in [2.45, 2.75) is 24.9 Å². The maximum atomic E-state index is 14.1. The van der Waals surface area contributed by atoms with Crippen molar-refractivity contribution in [2.75, 3.05) is 10.2 Å². The Morgan fingerprint density at radius 1 is 0.949 bits per heavy atom. The first-order valence-corrected chi connectivity index (χ1v) is 12.8. The van der Waals surface area contributed by atoms with Gasteiger partial charge in [-0.25, -0.2) is 4.90 Å². The summed E-state index contributed by atoms with van der Waals surface area (Å²) >= 11 is 0. The molecule has 0 saturated carbocycles. The first-order chi connectivity index (χ1) is 18.9. The third kappa shape index (κ3) is 3.29. The lowest BCUT2D eigenvalue weighted by Crippen LogP contribution is -2.53. The number of carbonyl (C=O) groups excluding carboxylic acids is 4. The highest BCUT2D eigenvalue weighted by molar-refractivity contribution is 6.25. The molecule has 9 nitrogen and oxygen atoms in total. The lowest BCUT2D eigenvalue weighted by atomic mass is 9.76. The number of para-hydroxylation sites is 2. The second-order valence-electron chi connectivity index (χ2n) is 10.2. The molecule has 194 valence electrons. The van der Waals surface area contributed by atoms with Crippen LogP contribution in [-0.2, 0) is 31.1 Å². The Kier molecular flexibility index (Phi) is 5.02. The summed E-state index contributed by atoms with van der Waals surface area (Å²) in [5.41, 5.74) is 2.25. The molecule has 0 bridgehead atoms. The van der Waals surface area contributed by atoms with Gasteiger partial charge < -0.3 is 15.0 Å². The Morgan fingerprint density at radius 3 is 2.49 bits per heavy atom. The van der Waals surface area contributed by atoms with E-state index in [1.54, 1.807) is 30.3 Å². The zero-order valence-corrected chi connectivity index (χ0v) is 20.9. The Morgan fingerprint density at radius 2 is 1.69 bits per heavy atom. The molecule has 2 fully saturated rings. The molecular weight excluding hydrogens is 496 g/mol. The van der Waals surface area contributed by atoms with Crippen LogP contribution in [0, 0.1) is 11.8 Å². The largest absolute Gasteiger partial charge is 0.427 e. The molecule has 9 heteroatoms. The average molecular weight is 521 g/mol. The average Bonchev–Trinajstić information content (AvgIpc) is 3.63. The van der Waals surface area contributed by atoms with E-state index < -0.39 is 35.3 Å². The number of carbonyl (C=O) groups is 4. The molecule has 1 spiro atoms. The highest BCUT2D eigenvalue weighted by atomic mass is 16.5. The van der Waals surface area contributed by atoms with Crippen molar-refractivity contribution >= 4 is 46.0 Å². The van der Waals surface area contributed by atoms with Crippen molar-refractivity contribution in [2.24, 2.45) is 11.8 Å². The van der Waals surface area contributed by atoms with Crippen LogP contribution in [-0.4, -0.2) is 34.7 Å². The predicted octanol–water partition coefficient (Wildman–Crippen LogP) is 3.26. The molecule has 3 aliphatic heterocycles. The molecule has 3 aliphatic rings. The minimum absolute atomic E-state index is 0.310. The van der Waals surface area contributed by atoms with Crippen LogP contribution < -0.4 is 20.3 Å². The molecule has 0 aliphatic carbocycles. The Balaban J connectivity index is 1.33.